The minimum absolute atomic E-state index is 0. The number of para-hydroxylation sites is 2. The molecule has 1 aliphatic heterocycles. The van der Waals surface area contributed by atoms with Crippen LogP contribution in [0.15, 0.2) is 48.0 Å². The Kier molecular flexibility index (Phi) is 6.48. The summed E-state index contributed by atoms with van der Waals surface area (Å²) >= 11 is 1.75. The Morgan fingerprint density at radius 1 is 0.889 bits per heavy atom. The van der Waals surface area contributed by atoms with Gasteiger partial charge in [-0.25, -0.2) is 4.98 Å². The first kappa shape index (κ1) is 20.2. The van der Waals surface area contributed by atoms with Crippen LogP contribution >= 0.6 is 36.2 Å². The summed E-state index contributed by atoms with van der Waals surface area (Å²) in [5, 5.41) is 2.11. The number of rotatable bonds is 4. The largest absolute Gasteiger partial charge is 0.308 e. The van der Waals surface area contributed by atoms with E-state index in [0.717, 1.165) is 24.6 Å². The smallest absolute Gasteiger partial charge is 0.215 e. The normalized spacial score (nSPS) is 15.0. The first-order valence-corrected chi connectivity index (χ1v) is 10.0. The van der Waals surface area contributed by atoms with Gasteiger partial charge in [0.25, 0.3) is 0 Å². The van der Waals surface area contributed by atoms with Crippen molar-refractivity contribution in [1.82, 2.24) is 18.9 Å². The zero-order valence-electron chi connectivity index (χ0n) is 15.1. The lowest BCUT2D eigenvalue weighted by Gasteiger charge is -2.26. The summed E-state index contributed by atoms with van der Waals surface area (Å²) in [5.41, 5.74) is 3.59. The topological polar surface area (TPSA) is 25.5 Å². The van der Waals surface area contributed by atoms with Gasteiger partial charge in [-0.2, -0.15) is 0 Å². The molecule has 1 aromatic carbocycles. The highest BCUT2D eigenvalue weighted by atomic mass is 35.5. The lowest BCUT2D eigenvalue weighted by molar-refractivity contribution is 0.222. The molecule has 4 heterocycles. The molecular formula is C20H24Cl2N4S. The van der Waals surface area contributed by atoms with Crippen LogP contribution in [0, 0.1) is 0 Å². The molecule has 1 saturated heterocycles. The highest BCUT2D eigenvalue weighted by Gasteiger charge is 2.16. The number of nitrogens with zero attached hydrogens (tertiary/aromatic N) is 4. The lowest BCUT2D eigenvalue weighted by atomic mass is 10.1. The number of hydrogen-bond acceptors (Lipinski definition) is 3. The Balaban J connectivity index is 0.00000105. The molecule has 4 aromatic rings. The molecule has 0 radical (unpaired) electrons. The number of fused-ring (bicyclic) bond motifs is 3. The maximum absolute atomic E-state index is 4.97. The second-order valence-electron chi connectivity index (χ2n) is 6.82. The second kappa shape index (κ2) is 8.65. The maximum Gasteiger partial charge on any atom is 0.215 e. The third-order valence-corrected chi connectivity index (χ3v) is 6.12. The molecule has 7 heteroatoms. The van der Waals surface area contributed by atoms with Gasteiger partial charge in [-0.3, -0.25) is 4.40 Å². The molecule has 1 fully saturated rings. The number of likely N-dealkylation sites (tertiary alicyclic amines) is 1. The van der Waals surface area contributed by atoms with E-state index in [0.29, 0.717) is 0 Å². The molecule has 144 valence electrons. The fourth-order valence-corrected chi connectivity index (χ4v) is 4.61. The number of benzene rings is 1. The zero-order chi connectivity index (χ0) is 16.6. The monoisotopic (exact) mass is 422 g/mol. The molecule has 0 spiro atoms. The fraction of sp³-hybridized carbons (Fsp3) is 0.350. The van der Waals surface area contributed by atoms with E-state index in [1.165, 1.54) is 48.3 Å². The number of hydrogen-bond donors (Lipinski definition) is 0. The van der Waals surface area contributed by atoms with Crippen molar-refractivity contribution in [1.29, 1.82) is 0 Å². The second-order valence-corrected chi connectivity index (χ2v) is 7.76. The number of halogens is 2. The van der Waals surface area contributed by atoms with Gasteiger partial charge in [0, 0.05) is 19.3 Å². The van der Waals surface area contributed by atoms with E-state index in [1.807, 2.05) is 0 Å². The third-order valence-electron chi connectivity index (χ3n) is 5.22. The van der Waals surface area contributed by atoms with Crippen LogP contribution in [0.1, 0.15) is 19.3 Å². The summed E-state index contributed by atoms with van der Waals surface area (Å²) < 4.78 is 4.64. The van der Waals surface area contributed by atoms with E-state index < -0.39 is 0 Å². The van der Waals surface area contributed by atoms with Gasteiger partial charge in [0.15, 0.2) is 0 Å². The SMILES string of the molecule is Cl.Cl.c1csc(-c2cn3c4ccccc4n(CCN4CCCCC4)c3n2)c1. The Morgan fingerprint density at radius 2 is 1.67 bits per heavy atom. The van der Waals surface area contributed by atoms with Crippen molar-refractivity contribution < 1.29 is 0 Å². The minimum atomic E-state index is 0. The molecular weight excluding hydrogens is 399 g/mol. The minimum Gasteiger partial charge on any atom is -0.308 e. The summed E-state index contributed by atoms with van der Waals surface area (Å²) in [6, 6.07) is 12.9. The van der Waals surface area contributed by atoms with Gasteiger partial charge in [0.1, 0.15) is 5.69 Å². The van der Waals surface area contributed by atoms with Crippen LogP contribution in [-0.2, 0) is 6.54 Å². The van der Waals surface area contributed by atoms with Crippen molar-refractivity contribution in [2.24, 2.45) is 0 Å². The van der Waals surface area contributed by atoms with Gasteiger partial charge in [-0.05, 0) is 49.5 Å². The van der Waals surface area contributed by atoms with Crippen LogP contribution in [0.5, 0.6) is 0 Å². The van der Waals surface area contributed by atoms with E-state index in [2.05, 4.69) is 61.8 Å². The third kappa shape index (κ3) is 3.74. The van der Waals surface area contributed by atoms with Crippen molar-refractivity contribution in [2.45, 2.75) is 25.8 Å². The van der Waals surface area contributed by atoms with Crippen LogP contribution in [0.3, 0.4) is 0 Å². The summed E-state index contributed by atoms with van der Waals surface area (Å²) in [6.45, 7) is 4.59. The molecule has 27 heavy (non-hydrogen) atoms. The van der Waals surface area contributed by atoms with E-state index in [-0.39, 0.29) is 24.8 Å². The predicted molar refractivity (Wildman–Crippen MR) is 119 cm³/mol. The first-order valence-electron chi connectivity index (χ1n) is 9.13. The van der Waals surface area contributed by atoms with Gasteiger partial charge in [-0.15, -0.1) is 36.2 Å². The first-order chi connectivity index (χ1) is 12.4. The van der Waals surface area contributed by atoms with Crippen molar-refractivity contribution in [3.05, 3.63) is 48.0 Å². The van der Waals surface area contributed by atoms with Gasteiger partial charge < -0.3 is 9.47 Å². The van der Waals surface area contributed by atoms with Gasteiger partial charge in [0.05, 0.1) is 15.9 Å². The summed E-state index contributed by atoms with van der Waals surface area (Å²) in [6.07, 6.45) is 6.25. The van der Waals surface area contributed by atoms with Crippen molar-refractivity contribution >= 4 is 53.0 Å². The molecule has 0 aliphatic carbocycles. The van der Waals surface area contributed by atoms with E-state index in [4.69, 9.17) is 4.98 Å². The van der Waals surface area contributed by atoms with Gasteiger partial charge in [0.2, 0.25) is 5.78 Å². The quantitative estimate of drug-likeness (QED) is 0.442. The van der Waals surface area contributed by atoms with Crippen molar-refractivity contribution in [2.75, 3.05) is 19.6 Å². The molecule has 1 aliphatic rings. The van der Waals surface area contributed by atoms with Crippen molar-refractivity contribution in [3.8, 4) is 10.6 Å². The molecule has 0 unspecified atom stereocenters. The molecule has 0 amide bonds. The summed E-state index contributed by atoms with van der Waals surface area (Å²) in [4.78, 5) is 8.80. The lowest BCUT2D eigenvalue weighted by Crippen LogP contribution is -2.32. The molecule has 5 rings (SSSR count). The van der Waals surface area contributed by atoms with Gasteiger partial charge >= 0.3 is 0 Å². The standard InChI is InChI=1S/C20H22N4S.2ClH/c1-4-10-22(11-5-1)12-13-23-17-7-2-3-8-18(17)24-15-16(21-20(23)24)19-9-6-14-25-19;;/h2-3,6-9,14-15H,1,4-5,10-13H2;2*1H. The van der Waals surface area contributed by atoms with Crippen LogP contribution in [0.25, 0.3) is 27.4 Å². The highest BCUT2D eigenvalue weighted by molar-refractivity contribution is 7.13. The number of imidazole rings is 2. The summed E-state index contributed by atoms with van der Waals surface area (Å²) in [7, 11) is 0. The van der Waals surface area contributed by atoms with E-state index in [9.17, 15) is 0 Å². The Morgan fingerprint density at radius 3 is 2.41 bits per heavy atom. The Hall–Kier alpha value is -1.53. The zero-order valence-corrected chi connectivity index (χ0v) is 17.5. The van der Waals surface area contributed by atoms with Crippen LogP contribution in [-0.4, -0.2) is 38.5 Å². The summed E-state index contributed by atoms with van der Waals surface area (Å²) in [5.74, 6) is 1.06. The van der Waals surface area contributed by atoms with E-state index in [1.54, 1.807) is 11.3 Å². The highest BCUT2D eigenvalue weighted by Crippen LogP contribution is 2.28. The average Bonchev–Trinajstić information content (AvgIpc) is 3.37. The Bertz CT molecular complexity index is 1000. The number of piperidine rings is 1. The molecule has 0 saturated carbocycles. The molecule has 0 atom stereocenters. The number of thiophene rings is 1. The molecule has 4 nitrogen and oxygen atoms in total. The molecule has 0 bridgehead atoms. The van der Waals surface area contributed by atoms with Crippen molar-refractivity contribution in [3.63, 3.8) is 0 Å². The predicted octanol–water partition coefficient (Wildman–Crippen LogP) is 5.35. The average molecular weight is 423 g/mol. The van der Waals surface area contributed by atoms with Crippen LogP contribution in [0.2, 0.25) is 0 Å². The van der Waals surface area contributed by atoms with Crippen LogP contribution < -0.4 is 0 Å². The van der Waals surface area contributed by atoms with Gasteiger partial charge in [-0.1, -0.05) is 24.6 Å². The number of aromatic nitrogens is 3. The van der Waals surface area contributed by atoms with Crippen LogP contribution in [0.4, 0.5) is 0 Å². The van der Waals surface area contributed by atoms with E-state index >= 15 is 0 Å². The fourth-order valence-electron chi connectivity index (χ4n) is 3.93. The molecule has 0 N–H and O–H groups in total. The Labute approximate surface area is 175 Å². The maximum atomic E-state index is 4.97. The molecule has 3 aromatic heterocycles.